The maximum absolute atomic E-state index is 11.9. The molecular formula is C16H23N5O2S. The van der Waals surface area contributed by atoms with E-state index < -0.39 is 0 Å². The van der Waals surface area contributed by atoms with Crippen molar-refractivity contribution in [2.24, 2.45) is 0 Å². The molecule has 2 rings (SSSR count). The van der Waals surface area contributed by atoms with Gasteiger partial charge in [-0.2, -0.15) is 0 Å². The summed E-state index contributed by atoms with van der Waals surface area (Å²) < 4.78 is 6.83. The summed E-state index contributed by atoms with van der Waals surface area (Å²) in [6.45, 7) is 7.05. The third-order valence-corrected chi connectivity index (χ3v) is 4.35. The van der Waals surface area contributed by atoms with Gasteiger partial charge in [0.05, 0.1) is 11.9 Å². The third-order valence-electron chi connectivity index (χ3n) is 3.29. The van der Waals surface area contributed by atoms with Gasteiger partial charge in [0.1, 0.15) is 5.75 Å². The lowest BCUT2D eigenvalue weighted by molar-refractivity contribution is -0.120. The minimum atomic E-state index is -0.295. The number of benzene rings is 1. The smallest absolute Gasteiger partial charge is 0.233 e. The van der Waals surface area contributed by atoms with Crippen molar-refractivity contribution in [3.8, 4) is 17.1 Å². The van der Waals surface area contributed by atoms with Gasteiger partial charge in [0.15, 0.2) is 5.82 Å². The number of nitrogens with two attached hydrogens (primary N) is 1. The molecule has 1 heterocycles. The molecule has 0 aliphatic carbocycles. The Bertz CT molecular complexity index is 672. The standard InChI is InChI=1S/C16H23N5O2S/c1-4-10-18-15(22)11(3)24-16-20-19-14(21(16)17)12-6-8-13(9-7-12)23-5-2/h6-9,11H,4-5,10,17H2,1-3H3,(H,18,22)/t11-/m0/s1. The van der Waals surface area contributed by atoms with Crippen LogP contribution in [-0.4, -0.2) is 39.2 Å². The van der Waals surface area contributed by atoms with Crippen LogP contribution in [0.3, 0.4) is 0 Å². The van der Waals surface area contributed by atoms with Crippen LogP contribution < -0.4 is 15.9 Å². The lowest BCUT2D eigenvalue weighted by atomic mass is 10.2. The Morgan fingerprint density at radius 2 is 2.04 bits per heavy atom. The van der Waals surface area contributed by atoms with Crippen LogP contribution in [0.15, 0.2) is 29.4 Å². The molecule has 0 spiro atoms. The number of hydrogen-bond donors (Lipinski definition) is 2. The fourth-order valence-electron chi connectivity index (χ4n) is 2.02. The normalized spacial score (nSPS) is 12.0. The highest BCUT2D eigenvalue weighted by Crippen LogP contribution is 2.25. The lowest BCUT2D eigenvalue weighted by Crippen LogP contribution is -2.31. The minimum Gasteiger partial charge on any atom is -0.494 e. The Hall–Kier alpha value is -2.22. The van der Waals surface area contributed by atoms with Crippen LogP contribution in [0.1, 0.15) is 27.2 Å². The van der Waals surface area contributed by atoms with E-state index in [1.807, 2.05) is 45.0 Å². The summed E-state index contributed by atoms with van der Waals surface area (Å²) in [5.74, 6) is 7.39. The second kappa shape index (κ2) is 8.58. The number of carbonyl (C=O) groups is 1. The zero-order valence-corrected chi connectivity index (χ0v) is 15.0. The van der Waals surface area contributed by atoms with Crippen molar-refractivity contribution in [2.75, 3.05) is 19.0 Å². The van der Waals surface area contributed by atoms with E-state index >= 15 is 0 Å². The van der Waals surface area contributed by atoms with Gasteiger partial charge in [-0.15, -0.1) is 10.2 Å². The van der Waals surface area contributed by atoms with Gasteiger partial charge in [0.25, 0.3) is 0 Å². The first-order chi connectivity index (χ1) is 11.6. The number of amides is 1. The molecule has 130 valence electrons. The van der Waals surface area contributed by atoms with Crippen LogP contribution in [-0.2, 0) is 4.79 Å². The van der Waals surface area contributed by atoms with Gasteiger partial charge in [-0.3, -0.25) is 4.79 Å². The maximum Gasteiger partial charge on any atom is 0.233 e. The monoisotopic (exact) mass is 349 g/mol. The van der Waals surface area contributed by atoms with E-state index in [0.717, 1.165) is 17.7 Å². The summed E-state index contributed by atoms with van der Waals surface area (Å²) in [6.07, 6.45) is 0.901. The molecule has 3 N–H and O–H groups in total. The van der Waals surface area contributed by atoms with Crippen LogP contribution in [0.2, 0.25) is 0 Å². The van der Waals surface area contributed by atoms with Gasteiger partial charge >= 0.3 is 0 Å². The molecule has 0 radical (unpaired) electrons. The third kappa shape index (κ3) is 4.41. The molecule has 1 aromatic heterocycles. The van der Waals surface area contributed by atoms with Crippen LogP contribution in [0.25, 0.3) is 11.4 Å². The summed E-state index contributed by atoms with van der Waals surface area (Å²) in [6, 6.07) is 7.48. The van der Waals surface area contributed by atoms with Gasteiger partial charge in [0, 0.05) is 12.1 Å². The maximum atomic E-state index is 11.9. The van der Waals surface area contributed by atoms with Crippen LogP contribution in [0.4, 0.5) is 0 Å². The predicted octanol–water partition coefficient (Wildman–Crippen LogP) is 2.06. The molecule has 0 unspecified atom stereocenters. The summed E-state index contributed by atoms with van der Waals surface area (Å²) >= 11 is 1.28. The van der Waals surface area contributed by atoms with Crippen LogP contribution in [0.5, 0.6) is 5.75 Å². The number of aromatic nitrogens is 3. The highest BCUT2D eigenvalue weighted by Gasteiger charge is 2.19. The first-order valence-corrected chi connectivity index (χ1v) is 8.82. The number of ether oxygens (including phenoxy) is 1. The Morgan fingerprint density at radius 1 is 1.33 bits per heavy atom. The van der Waals surface area contributed by atoms with Crippen LogP contribution >= 0.6 is 11.8 Å². The number of thioether (sulfide) groups is 1. The largest absolute Gasteiger partial charge is 0.494 e. The van der Waals surface area contributed by atoms with Crippen molar-refractivity contribution in [3.63, 3.8) is 0 Å². The fraction of sp³-hybridized carbons (Fsp3) is 0.438. The Labute approximate surface area is 145 Å². The van der Waals surface area contributed by atoms with Crippen molar-refractivity contribution >= 4 is 17.7 Å². The fourth-order valence-corrected chi connectivity index (χ4v) is 2.82. The number of nitrogens with zero attached hydrogens (tertiary/aromatic N) is 3. The van der Waals surface area contributed by atoms with E-state index in [0.29, 0.717) is 24.1 Å². The molecule has 0 saturated carbocycles. The molecule has 1 amide bonds. The van der Waals surface area contributed by atoms with Crippen LogP contribution in [0, 0.1) is 0 Å². The van der Waals surface area contributed by atoms with Crippen molar-refractivity contribution in [2.45, 2.75) is 37.6 Å². The van der Waals surface area contributed by atoms with E-state index in [1.54, 1.807) is 0 Å². The molecule has 0 aliphatic heterocycles. The summed E-state index contributed by atoms with van der Waals surface area (Å²) in [4.78, 5) is 11.9. The minimum absolute atomic E-state index is 0.0348. The van der Waals surface area contributed by atoms with Gasteiger partial charge in [0.2, 0.25) is 11.1 Å². The number of rotatable bonds is 8. The van der Waals surface area contributed by atoms with Gasteiger partial charge in [-0.25, -0.2) is 4.68 Å². The summed E-state index contributed by atoms with van der Waals surface area (Å²) in [7, 11) is 0. The first-order valence-electron chi connectivity index (χ1n) is 7.94. The molecule has 1 aromatic carbocycles. The predicted molar refractivity (Wildman–Crippen MR) is 95.4 cm³/mol. The molecule has 0 fully saturated rings. The van der Waals surface area contributed by atoms with E-state index in [9.17, 15) is 4.79 Å². The van der Waals surface area contributed by atoms with Gasteiger partial charge in [-0.1, -0.05) is 18.7 Å². The molecule has 2 aromatic rings. The van der Waals surface area contributed by atoms with Crippen molar-refractivity contribution in [1.82, 2.24) is 20.2 Å². The van der Waals surface area contributed by atoms with Crippen molar-refractivity contribution in [3.05, 3.63) is 24.3 Å². The Kier molecular flexibility index (Phi) is 6.48. The molecule has 7 nitrogen and oxygen atoms in total. The van der Waals surface area contributed by atoms with E-state index in [2.05, 4.69) is 15.5 Å². The van der Waals surface area contributed by atoms with E-state index in [-0.39, 0.29) is 11.2 Å². The molecule has 8 heteroatoms. The molecule has 24 heavy (non-hydrogen) atoms. The number of nitrogens with one attached hydrogen (secondary N) is 1. The van der Waals surface area contributed by atoms with E-state index in [1.165, 1.54) is 16.4 Å². The summed E-state index contributed by atoms with van der Waals surface area (Å²) in [5.41, 5.74) is 0.836. The molecule has 0 aliphatic rings. The van der Waals surface area contributed by atoms with Crippen molar-refractivity contribution in [1.29, 1.82) is 0 Å². The lowest BCUT2D eigenvalue weighted by Gasteiger charge is -2.11. The van der Waals surface area contributed by atoms with Crippen molar-refractivity contribution < 1.29 is 9.53 Å². The number of carbonyl (C=O) groups excluding carboxylic acids is 1. The first kappa shape index (κ1) is 18.1. The average Bonchev–Trinajstić information content (AvgIpc) is 2.94. The van der Waals surface area contributed by atoms with Gasteiger partial charge < -0.3 is 15.9 Å². The zero-order chi connectivity index (χ0) is 17.5. The Balaban J connectivity index is 2.09. The van der Waals surface area contributed by atoms with Gasteiger partial charge in [-0.05, 0) is 44.5 Å². The number of nitrogen functional groups attached to an aromatic ring is 1. The quantitative estimate of drug-likeness (QED) is 0.559. The highest BCUT2D eigenvalue weighted by atomic mass is 32.2. The molecular weight excluding hydrogens is 326 g/mol. The molecule has 0 saturated heterocycles. The Morgan fingerprint density at radius 3 is 2.67 bits per heavy atom. The zero-order valence-electron chi connectivity index (χ0n) is 14.2. The molecule has 0 bridgehead atoms. The van der Waals surface area contributed by atoms with E-state index in [4.69, 9.17) is 10.6 Å². The highest BCUT2D eigenvalue weighted by molar-refractivity contribution is 8.00. The second-order valence-corrected chi connectivity index (χ2v) is 6.49. The topological polar surface area (TPSA) is 95.1 Å². The second-order valence-electron chi connectivity index (χ2n) is 5.18. The molecule has 1 atom stereocenters. The average molecular weight is 349 g/mol. The SMILES string of the molecule is CCCNC(=O)[C@H](C)Sc1nnc(-c2ccc(OCC)cc2)n1N. The summed E-state index contributed by atoms with van der Waals surface area (Å²) in [5, 5.41) is 11.3. The number of hydrogen-bond acceptors (Lipinski definition) is 6.